The third-order valence-electron chi connectivity index (χ3n) is 3.50. The number of hydrogen-bond donors (Lipinski definition) is 3. The molecule has 6 nitrogen and oxygen atoms in total. The van der Waals surface area contributed by atoms with E-state index in [2.05, 4.69) is 10.6 Å². The lowest BCUT2D eigenvalue weighted by Gasteiger charge is -2.14. The van der Waals surface area contributed by atoms with Gasteiger partial charge in [0.05, 0.1) is 19.8 Å². The molecular weight excluding hydrogens is 344 g/mol. The predicted molar refractivity (Wildman–Crippen MR) is 93.2 cm³/mol. The van der Waals surface area contributed by atoms with Crippen molar-refractivity contribution in [2.75, 3.05) is 37.9 Å². The number of nitrogens with one attached hydrogen (secondary N) is 3. The highest BCUT2D eigenvalue weighted by atomic mass is 19.1. The Morgan fingerprint density at radius 3 is 2.23 bits per heavy atom. The van der Waals surface area contributed by atoms with Gasteiger partial charge in [-0.3, -0.25) is 9.59 Å². The van der Waals surface area contributed by atoms with Crippen molar-refractivity contribution in [1.29, 1.82) is 0 Å². The van der Waals surface area contributed by atoms with Crippen LogP contribution in [0.25, 0.3) is 0 Å². The van der Waals surface area contributed by atoms with Gasteiger partial charge >= 0.3 is 0 Å². The van der Waals surface area contributed by atoms with E-state index < -0.39 is 17.5 Å². The van der Waals surface area contributed by atoms with Gasteiger partial charge in [-0.1, -0.05) is 0 Å². The van der Waals surface area contributed by atoms with E-state index >= 15 is 0 Å². The maximum absolute atomic E-state index is 13.5. The Labute approximate surface area is 149 Å². The van der Waals surface area contributed by atoms with Crippen LogP contribution in [-0.2, 0) is 9.59 Å². The van der Waals surface area contributed by atoms with Crippen molar-refractivity contribution >= 4 is 23.2 Å². The summed E-state index contributed by atoms with van der Waals surface area (Å²) in [6.45, 7) is -0.0446. The Balaban J connectivity index is 1.82. The number of halogens is 2. The highest BCUT2D eigenvalue weighted by Crippen LogP contribution is 2.15. The Kier molecular flexibility index (Phi) is 6.62. The fourth-order valence-corrected chi connectivity index (χ4v) is 2.28. The summed E-state index contributed by atoms with van der Waals surface area (Å²) in [5, 5.41) is 5.00. The molecule has 26 heavy (non-hydrogen) atoms. The summed E-state index contributed by atoms with van der Waals surface area (Å²) in [4.78, 5) is 24.5. The number of hydrogen-bond acceptors (Lipinski definition) is 3. The zero-order chi connectivity index (χ0) is 19.1. The lowest BCUT2D eigenvalue weighted by atomic mass is 10.3. The fourth-order valence-electron chi connectivity index (χ4n) is 2.28. The predicted octanol–water partition coefficient (Wildman–Crippen LogP) is 1.07. The van der Waals surface area contributed by atoms with Crippen LogP contribution < -0.4 is 20.3 Å². The minimum atomic E-state index is -0.727. The van der Waals surface area contributed by atoms with Gasteiger partial charge in [0.1, 0.15) is 17.4 Å². The Hall–Kier alpha value is -3.00. The molecule has 1 unspecified atom stereocenters. The number of carbonyl (C=O) groups excluding carboxylic acids is 2. The van der Waals surface area contributed by atoms with Gasteiger partial charge in [-0.05, 0) is 36.4 Å². The van der Waals surface area contributed by atoms with Crippen molar-refractivity contribution in [3.8, 4) is 5.75 Å². The molecule has 0 saturated heterocycles. The molecule has 2 rings (SSSR count). The van der Waals surface area contributed by atoms with Crippen LogP contribution in [0.1, 0.15) is 0 Å². The van der Waals surface area contributed by atoms with Crippen molar-refractivity contribution in [3.05, 3.63) is 54.1 Å². The summed E-state index contributed by atoms with van der Waals surface area (Å²) in [5.74, 6) is -1.51. The van der Waals surface area contributed by atoms with Gasteiger partial charge in [0, 0.05) is 11.8 Å². The smallest absolute Gasteiger partial charge is 0.279 e. The maximum atomic E-state index is 13.5. The second-order valence-corrected chi connectivity index (χ2v) is 5.76. The van der Waals surface area contributed by atoms with Gasteiger partial charge in [-0.15, -0.1) is 0 Å². The first-order chi connectivity index (χ1) is 12.4. The molecule has 0 aliphatic heterocycles. The lowest BCUT2D eigenvalue weighted by molar-refractivity contribution is -0.862. The first-order valence-electron chi connectivity index (χ1n) is 7.87. The first kappa shape index (κ1) is 19.3. The molecule has 0 aliphatic rings. The van der Waals surface area contributed by atoms with E-state index in [1.165, 1.54) is 0 Å². The van der Waals surface area contributed by atoms with Gasteiger partial charge < -0.3 is 20.3 Å². The molecule has 1 atom stereocenters. The number of ether oxygens (including phenoxy) is 1. The summed E-state index contributed by atoms with van der Waals surface area (Å²) in [6, 6.07) is 9.63. The summed E-state index contributed by atoms with van der Waals surface area (Å²) >= 11 is 0. The molecule has 138 valence electrons. The number of methoxy groups -OCH3 is 1. The van der Waals surface area contributed by atoms with Crippen LogP contribution in [-0.4, -0.2) is 39.1 Å². The van der Waals surface area contributed by atoms with Gasteiger partial charge in [-0.25, -0.2) is 8.78 Å². The Morgan fingerprint density at radius 2 is 1.62 bits per heavy atom. The van der Waals surface area contributed by atoms with Gasteiger partial charge in [0.15, 0.2) is 13.1 Å². The molecule has 0 heterocycles. The van der Waals surface area contributed by atoms with E-state index in [9.17, 15) is 18.4 Å². The first-order valence-corrected chi connectivity index (χ1v) is 7.87. The van der Waals surface area contributed by atoms with E-state index in [0.29, 0.717) is 16.3 Å². The van der Waals surface area contributed by atoms with Gasteiger partial charge in [0.2, 0.25) is 0 Å². The molecule has 8 heteroatoms. The second kappa shape index (κ2) is 8.91. The van der Waals surface area contributed by atoms with Crippen molar-refractivity contribution in [3.63, 3.8) is 0 Å². The van der Waals surface area contributed by atoms with Crippen LogP contribution in [0.3, 0.4) is 0 Å². The van der Waals surface area contributed by atoms with Gasteiger partial charge in [-0.2, -0.15) is 0 Å². The van der Waals surface area contributed by atoms with E-state index in [0.717, 1.165) is 18.2 Å². The van der Waals surface area contributed by atoms with Crippen LogP contribution in [0.15, 0.2) is 42.5 Å². The standard InChI is InChI=1S/C18H19F2N3O3/c1-23(10-17(24)21-13-4-6-14(26-2)7-5-13)11-18(25)22-16-9-12(19)3-8-15(16)20/h3-9H,10-11H2,1-2H3,(H,21,24)(H,22,25)/p+1. The van der Waals surface area contributed by atoms with Crippen LogP contribution in [0.4, 0.5) is 20.2 Å². The molecule has 2 aromatic rings. The molecule has 3 N–H and O–H groups in total. The summed E-state index contributed by atoms with van der Waals surface area (Å²) in [6.07, 6.45) is 0. The third kappa shape index (κ3) is 5.82. The average Bonchev–Trinajstić information content (AvgIpc) is 2.58. The molecule has 2 amide bonds. The van der Waals surface area contributed by atoms with Crippen LogP contribution >= 0.6 is 0 Å². The SMILES string of the molecule is COc1ccc(NC(=O)C[NH+](C)CC(=O)Nc2cc(F)ccc2F)cc1. The topological polar surface area (TPSA) is 71.9 Å². The maximum Gasteiger partial charge on any atom is 0.279 e. The number of amides is 2. The zero-order valence-corrected chi connectivity index (χ0v) is 14.4. The molecule has 0 spiro atoms. The number of likely N-dealkylation sites (N-methyl/N-ethyl adjacent to an activating group) is 1. The van der Waals surface area contributed by atoms with Crippen molar-refractivity contribution in [2.24, 2.45) is 0 Å². The minimum absolute atomic E-state index is 0.0328. The van der Waals surface area contributed by atoms with E-state index in [4.69, 9.17) is 4.74 Å². The van der Waals surface area contributed by atoms with Crippen molar-refractivity contribution in [1.82, 2.24) is 0 Å². The van der Waals surface area contributed by atoms with E-state index in [1.54, 1.807) is 38.4 Å². The monoisotopic (exact) mass is 364 g/mol. The molecule has 2 aromatic carbocycles. The van der Waals surface area contributed by atoms with Gasteiger partial charge in [0.25, 0.3) is 11.8 Å². The van der Waals surface area contributed by atoms with Crippen LogP contribution in [0.2, 0.25) is 0 Å². The summed E-state index contributed by atoms with van der Waals surface area (Å²) in [7, 11) is 3.20. The van der Waals surface area contributed by atoms with Crippen molar-refractivity contribution < 1.29 is 28.0 Å². The number of anilines is 2. The highest BCUT2D eigenvalue weighted by Gasteiger charge is 2.16. The summed E-state index contributed by atoms with van der Waals surface area (Å²) < 4.78 is 31.7. The molecule has 0 bridgehead atoms. The average molecular weight is 364 g/mol. The Bertz CT molecular complexity index is 782. The quantitative estimate of drug-likeness (QED) is 0.688. The number of rotatable bonds is 7. The largest absolute Gasteiger partial charge is 0.497 e. The van der Waals surface area contributed by atoms with E-state index in [1.807, 2.05) is 0 Å². The zero-order valence-electron chi connectivity index (χ0n) is 14.4. The third-order valence-corrected chi connectivity index (χ3v) is 3.50. The van der Waals surface area contributed by atoms with Crippen LogP contribution in [0.5, 0.6) is 5.75 Å². The number of benzene rings is 2. The minimum Gasteiger partial charge on any atom is -0.497 e. The second-order valence-electron chi connectivity index (χ2n) is 5.76. The van der Waals surface area contributed by atoms with Crippen LogP contribution in [0, 0.1) is 11.6 Å². The number of carbonyl (C=O) groups is 2. The van der Waals surface area contributed by atoms with Crippen molar-refractivity contribution in [2.45, 2.75) is 0 Å². The molecule has 0 aromatic heterocycles. The number of quaternary nitrogens is 1. The highest BCUT2D eigenvalue weighted by molar-refractivity contribution is 5.93. The Morgan fingerprint density at radius 1 is 1.00 bits per heavy atom. The molecule has 0 aliphatic carbocycles. The van der Waals surface area contributed by atoms with E-state index in [-0.39, 0.29) is 24.7 Å². The molecule has 0 radical (unpaired) electrons. The fraction of sp³-hybridized carbons (Fsp3) is 0.222. The lowest BCUT2D eigenvalue weighted by Crippen LogP contribution is -3.11. The normalized spacial score (nSPS) is 11.5. The molecular formula is C18H20F2N3O3+. The molecule has 0 fully saturated rings. The molecule has 0 saturated carbocycles. The summed E-state index contributed by atoms with van der Waals surface area (Å²) in [5.41, 5.74) is 0.375.